The molecule has 132 valence electrons. The van der Waals surface area contributed by atoms with Gasteiger partial charge in [0.2, 0.25) is 0 Å². The molecule has 0 atom stereocenters. The first-order chi connectivity index (χ1) is 12.3. The number of aryl methyl sites for hydroxylation is 2. The zero-order valence-electron chi connectivity index (χ0n) is 15.0. The van der Waals surface area contributed by atoms with Crippen LogP contribution < -0.4 is 0 Å². The number of pyridine rings is 1. The van der Waals surface area contributed by atoms with Gasteiger partial charge in [-0.15, -0.1) is 0 Å². The quantitative estimate of drug-likeness (QED) is 0.442. The molecule has 1 aromatic heterocycles. The van der Waals surface area contributed by atoms with Crippen LogP contribution in [0.5, 0.6) is 0 Å². The molecule has 1 aromatic carbocycles. The van der Waals surface area contributed by atoms with Crippen LogP contribution >= 0.6 is 0 Å². The highest BCUT2D eigenvalue weighted by molar-refractivity contribution is 5.93. The lowest BCUT2D eigenvalue weighted by Crippen LogP contribution is -2.02. The highest BCUT2D eigenvalue weighted by Crippen LogP contribution is 2.10. The van der Waals surface area contributed by atoms with E-state index in [1.165, 1.54) is 11.1 Å². The van der Waals surface area contributed by atoms with Gasteiger partial charge < -0.3 is 4.74 Å². The number of rotatable bonds is 11. The van der Waals surface area contributed by atoms with Gasteiger partial charge in [-0.3, -0.25) is 9.78 Å². The van der Waals surface area contributed by atoms with Crippen LogP contribution in [0.3, 0.4) is 0 Å². The van der Waals surface area contributed by atoms with Gasteiger partial charge in [0, 0.05) is 25.4 Å². The summed E-state index contributed by atoms with van der Waals surface area (Å²) in [6.07, 6.45) is 11.8. The lowest BCUT2D eigenvalue weighted by Gasteiger charge is -2.03. The summed E-state index contributed by atoms with van der Waals surface area (Å²) < 4.78 is 5.42. The van der Waals surface area contributed by atoms with Gasteiger partial charge in [0.15, 0.2) is 5.78 Å². The minimum Gasteiger partial charge on any atom is -0.381 e. The first kappa shape index (κ1) is 19.1. The zero-order valence-corrected chi connectivity index (χ0v) is 15.0. The van der Waals surface area contributed by atoms with Gasteiger partial charge in [-0.05, 0) is 48.1 Å². The number of ether oxygens (including phenoxy) is 1. The van der Waals surface area contributed by atoms with Crippen LogP contribution in [0.25, 0.3) is 6.08 Å². The largest absolute Gasteiger partial charge is 0.381 e. The number of nitrogens with zero attached hydrogens (tertiary/aromatic N) is 1. The predicted molar refractivity (Wildman–Crippen MR) is 102 cm³/mol. The molecule has 0 aliphatic carbocycles. The maximum atomic E-state index is 11.8. The van der Waals surface area contributed by atoms with Gasteiger partial charge >= 0.3 is 0 Å². The second-order valence-electron chi connectivity index (χ2n) is 6.12. The molecule has 3 heteroatoms. The highest BCUT2D eigenvalue weighted by Gasteiger charge is 1.99. The van der Waals surface area contributed by atoms with Crippen LogP contribution in [0.4, 0.5) is 0 Å². The van der Waals surface area contributed by atoms with Crippen molar-refractivity contribution in [2.24, 2.45) is 0 Å². The molecular formula is C22H27NO2. The van der Waals surface area contributed by atoms with E-state index in [1.807, 2.05) is 18.3 Å². The van der Waals surface area contributed by atoms with Crippen molar-refractivity contribution in [3.63, 3.8) is 0 Å². The van der Waals surface area contributed by atoms with Crippen LogP contribution in [0.15, 0.2) is 54.9 Å². The molecule has 0 unspecified atom stereocenters. The monoisotopic (exact) mass is 337 g/mol. The first-order valence-corrected chi connectivity index (χ1v) is 9.04. The molecule has 2 rings (SSSR count). The van der Waals surface area contributed by atoms with E-state index in [1.54, 1.807) is 12.3 Å². The van der Waals surface area contributed by atoms with Gasteiger partial charge in [-0.1, -0.05) is 49.8 Å². The Hall–Kier alpha value is -2.26. The van der Waals surface area contributed by atoms with Crippen molar-refractivity contribution in [1.82, 2.24) is 4.98 Å². The first-order valence-electron chi connectivity index (χ1n) is 9.04. The number of hydrogen-bond acceptors (Lipinski definition) is 3. The molecule has 0 radical (unpaired) electrons. The molecule has 0 spiro atoms. The molecule has 0 fully saturated rings. The van der Waals surface area contributed by atoms with E-state index in [0.29, 0.717) is 13.0 Å². The topological polar surface area (TPSA) is 39.2 Å². The van der Waals surface area contributed by atoms with Crippen molar-refractivity contribution in [1.29, 1.82) is 0 Å². The second-order valence-corrected chi connectivity index (χ2v) is 6.12. The number of carbonyl (C=O) groups excluding carboxylic acids is 1. The SMILES string of the molecule is CCCCOCCC(=O)/C=C/c1ccc(CCc2cccnc2)cc1. The normalized spacial score (nSPS) is 11.1. The minimum atomic E-state index is 0.108. The van der Waals surface area contributed by atoms with E-state index in [-0.39, 0.29) is 5.78 Å². The van der Waals surface area contributed by atoms with Crippen molar-refractivity contribution in [2.75, 3.05) is 13.2 Å². The summed E-state index contributed by atoms with van der Waals surface area (Å²) in [6.45, 7) is 3.38. The Bertz CT molecular complexity index is 647. The summed E-state index contributed by atoms with van der Waals surface area (Å²) in [5.41, 5.74) is 3.58. The second kappa shape index (κ2) is 11.3. The van der Waals surface area contributed by atoms with Crippen LogP contribution in [0, 0.1) is 0 Å². The van der Waals surface area contributed by atoms with E-state index in [2.05, 4.69) is 42.2 Å². The summed E-state index contributed by atoms with van der Waals surface area (Å²) in [5, 5.41) is 0. The fourth-order valence-electron chi connectivity index (χ4n) is 2.42. The van der Waals surface area contributed by atoms with E-state index in [0.717, 1.165) is 37.9 Å². The molecule has 1 heterocycles. The van der Waals surface area contributed by atoms with Crippen molar-refractivity contribution in [3.8, 4) is 0 Å². The lowest BCUT2D eigenvalue weighted by atomic mass is 10.0. The number of allylic oxidation sites excluding steroid dienone is 1. The number of benzene rings is 1. The third kappa shape index (κ3) is 7.90. The number of carbonyl (C=O) groups is 1. The van der Waals surface area contributed by atoms with E-state index in [9.17, 15) is 4.79 Å². The summed E-state index contributed by atoms with van der Waals surface area (Å²) in [5.74, 6) is 0.108. The smallest absolute Gasteiger partial charge is 0.158 e. The minimum absolute atomic E-state index is 0.108. The Balaban J connectivity index is 1.72. The molecule has 0 aliphatic rings. The van der Waals surface area contributed by atoms with Crippen molar-refractivity contribution in [2.45, 2.75) is 39.0 Å². The maximum absolute atomic E-state index is 11.8. The molecule has 0 N–H and O–H groups in total. The summed E-state index contributed by atoms with van der Waals surface area (Å²) in [6, 6.07) is 12.4. The standard InChI is InChI=1S/C22H27NO2/c1-2-3-16-25-17-14-22(24)13-12-20-8-6-19(7-9-20)10-11-21-5-4-15-23-18-21/h4-9,12-13,15,18H,2-3,10-11,14,16-17H2,1H3/b13-12+. The average molecular weight is 337 g/mol. The lowest BCUT2D eigenvalue weighted by molar-refractivity contribution is -0.115. The summed E-state index contributed by atoms with van der Waals surface area (Å²) >= 11 is 0. The predicted octanol–water partition coefficient (Wildman–Crippen LogP) is 4.66. The Labute approximate surface area is 150 Å². The molecule has 0 aliphatic heterocycles. The Morgan fingerprint density at radius 3 is 2.60 bits per heavy atom. The molecule has 0 saturated heterocycles. The Morgan fingerprint density at radius 2 is 1.88 bits per heavy atom. The summed E-state index contributed by atoms with van der Waals surface area (Å²) in [4.78, 5) is 15.9. The fourth-order valence-corrected chi connectivity index (χ4v) is 2.42. The van der Waals surface area contributed by atoms with Gasteiger partial charge in [-0.2, -0.15) is 0 Å². The van der Waals surface area contributed by atoms with E-state index in [4.69, 9.17) is 4.74 Å². The van der Waals surface area contributed by atoms with Crippen LogP contribution in [0.2, 0.25) is 0 Å². The fraction of sp³-hybridized carbons (Fsp3) is 0.364. The number of aromatic nitrogens is 1. The molecule has 0 amide bonds. The van der Waals surface area contributed by atoms with Gasteiger partial charge in [0.05, 0.1) is 6.61 Å². The molecule has 0 saturated carbocycles. The average Bonchev–Trinajstić information content (AvgIpc) is 2.66. The Morgan fingerprint density at radius 1 is 1.08 bits per heavy atom. The number of hydrogen-bond donors (Lipinski definition) is 0. The maximum Gasteiger partial charge on any atom is 0.158 e. The van der Waals surface area contributed by atoms with Crippen LogP contribution in [-0.4, -0.2) is 24.0 Å². The van der Waals surface area contributed by atoms with Crippen molar-refractivity contribution < 1.29 is 9.53 Å². The van der Waals surface area contributed by atoms with E-state index < -0.39 is 0 Å². The van der Waals surface area contributed by atoms with Crippen molar-refractivity contribution in [3.05, 3.63) is 71.6 Å². The third-order valence-electron chi connectivity index (χ3n) is 4.00. The molecule has 3 nitrogen and oxygen atoms in total. The van der Waals surface area contributed by atoms with Gasteiger partial charge in [0.25, 0.3) is 0 Å². The number of ketones is 1. The van der Waals surface area contributed by atoms with Crippen LogP contribution in [-0.2, 0) is 22.4 Å². The Kier molecular flexibility index (Phi) is 8.64. The summed E-state index contributed by atoms with van der Waals surface area (Å²) in [7, 11) is 0. The van der Waals surface area contributed by atoms with Gasteiger partial charge in [-0.25, -0.2) is 0 Å². The number of unbranched alkanes of at least 4 members (excludes halogenated alkanes) is 1. The van der Waals surface area contributed by atoms with Crippen molar-refractivity contribution >= 4 is 11.9 Å². The third-order valence-corrected chi connectivity index (χ3v) is 4.00. The molecule has 0 bridgehead atoms. The molecular weight excluding hydrogens is 310 g/mol. The van der Waals surface area contributed by atoms with Crippen LogP contribution in [0.1, 0.15) is 42.9 Å². The molecule has 25 heavy (non-hydrogen) atoms. The van der Waals surface area contributed by atoms with E-state index >= 15 is 0 Å². The van der Waals surface area contributed by atoms with Gasteiger partial charge in [0.1, 0.15) is 0 Å². The highest BCUT2D eigenvalue weighted by atomic mass is 16.5. The molecule has 2 aromatic rings. The zero-order chi connectivity index (χ0) is 17.7.